The van der Waals surface area contributed by atoms with E-state index in [1.165, 1.54) is 50.1 Å². The number of hydrogen-bond acceptors (Lipinski definition) is 1. The van der Waals surface area contributed by atoms with Crippen LogP contribution in [0.3, 0.4) is 0 Å². The Kier molecular flexibility index (Phi) is 5.70. The zero-order valence-corrected chi connectivity index (χ0v) is 17.4. The highest BCUT2D eigenvalue weighted by Gasteiger charge is 2.15. The minimum atomic E-state index is 0.937. The van der Waals surface area contributed by atoms with Crippen LogP contribution in [0.1, 0.15) is 41.7 Å². The largest absolute Gasteiger partial charge is 0.496 e. The van der Waals surface area contributed by atoms with Crippen LogP contribution in [0.2, 0.25) is 0 Å². The van der Waals surface area contributed by atoms with E-state index in [-0.39, 0.29) is 0 Å². The summed E-state index contributed by atoms with van der Waals surface area (Å²) in [5.41, 5.74) is 11.8. The first-order valence-corrected chi connectivity index (χ1v) is 9.86. The minimum Gasteiger partial charge on any atom is -0.496 e. The van der Waals surface area contributed by atoms with E-state index in [2.05, 4.69) is 83.1 Å². The topological polar surface area (TPSA) is 9.23 Å². The summed E-state index contributed by atoms with van der Waals surface area (Å²) in [6.07, 6.45) is 2.05. The molecule has 3 rings (SSSR count). The molecule has 0 atom stereocenters. The Morgan fingerprint density at radius 3 is 2.07 bits per heavy atom. The fourth-order valence-corrected chi connectivity index (χ4v) is 3.80. The van der Waals surface area contributed by atoms with Gasteiger partial charge in [0.15, 0.2) is 0 Å². The SMILES string of the molecule is CCc1ccc(C)c(-c2cc(CC)c(-c3cc(C)ccc3OC)cc2C)c1. The van der Waals surface area contributed by atoms with Crippen LogP contribution >= 0.6 is 0 Å². The molecule has 0 unspecified atom stereocenters. The van der Waals surface area contributed by atoms with Crippen molar-refractivity contribution in [2.45, 2.75) is 47.5 Å². The van der Waals surface area contributed by atoms with E-state index in [4.69, 9.17) is 4.74 Å². The van der Waals surface area contributed by atoms with Crippen LogP contribution < -0.4 is 4.74 Å². The van der Waals surface area contributed by atoms with Crippen molar-refractivity contribution in [3.8, 4) is 28.0 Å². The summed E-state index contributed by atoms with van der Waals surface area (Å²) < 4.78 is 5.66. The predicted octanol–water partition coefficient (Wildman–Crippen LogP) is 7.08. The Morgan fingerprint density at radius 1 is 0.667 bits per heavy atom. The highest BCUT2D eigenvalue weighted by Crippen LogP contribution is 2.38. The predicted molar refractivity (Wildman–Crippen MR) is 117 cm³/mol. The van der Waals surface area contributed by atoms with Gasteiger partial charge in [0.25, 0.3) is 0 Å². The van der Waals surface area contributed by atoms with Crippen molar-refractivity contribution in [3.05, 3.63) is 76.3 Å². The summed E-state index contributed by atoms with van der Waals surface area (Å²) in [4.78, 5) is 0. The summed E-state index contributed by atoms with van der Waals surface area (Å²) in [6, 6.07) is 18.0. The van der Waals surface area contributed by atoms with E-state index in [0.717, 1.165) is 18.6 Å². The van der Waals surface area contributed by atoms with E-state index in [1.807, 2.05) is 0 Å². The maximum atomic E-state index is 5.66. The minimum absolute atomic E-state index is 0.937. The molecule has 0 radical (unpaired) electrons. The molecule has 0 bridgehead atoms. The summed E-state index contributed by atoms with van der Waals surface area (Å²) in [7, 11) is 1.75. The first-order chi connectivity index (χ1) is 13.0. The molecule has 0 N–H and O–H groups in total. The van der Waals surface area contributed by atoms with E-state index in [1.54, 1.807) is 7.11 Å². The Hall–Kier alpha value is -2.54. The van der Waals surface area contributed by atoms with Crippen LogP contribution in [-0.4, -0.2) is 7.11 Å². The van der Waals surface area contributed by atoms with E-state index in [0.29, 0.717) is 0 Å². The first-order valence-electron chi connectivity index (χ1n) is 9.86. The van der Waals surface area contributed by atoms with Crippen molar-refractivity contribution in [3.63, 3.8) is 0 Å². The zero-order valence-electron chi connectivity index (χ0n) is 17.4. The molecule has 0 amide bonds. The summed E-state index contributed by atoms with van der Waals surface area (Å²) in [6.45, 7) is 11.0. The number of methoxy groups -OCH3 is 1. The number of benzene rings is 3. The van der Waals surface area contributed by atoms with Gasteiger partial charge in [-0.2, -0.15) is 0 Å². The van der Waals surface area contributed by atoms with Crippen molar-refractivity contribution in [2.75, 3.05) is 7.11 Å². The van der Waals surface area contributed by atoms with Gasteiger partial charge < -0.3 is 4.74 Å². The summed E-state index contributed by atoms with van der Waals surface area (Å²) in [5.74, 6) is 0.937. The Labute approximate surface area is 164 Å². The van der Waals surface area contributed by atoms with E-state index < -0.39 is 0 Å². The van der Waals surface area contributed by atoms with Gasteiger partial charge >= 0.3 is 0 Å². The maximum Gasteiger partial charge on any atom is 0.126 e. The molecule has 1 nitrogen and oxygen atoms in total. The van der Waals surface area contributed by atoms with Crippen LogP contribution in [0.15, 0.2) is 48.5 Å². The average Bonchev–Trinajstić information content (AvgIpc) is 2.68. The fourth-order valence-electron chi connectivity index (χ4n) is 3.80. The van der Waals surface area contributed by atoms with E-state index >= 15 is 0 Å². The molecule has 0 spiro atoms. The average molecular weight is 359 g/mol. The monoisotopic (exact) mass is 358 g/mol. The fraction of sp³-hybridized carbons (Fsp3) is 0.308. The van der Waals surface area contributed by atoms with Crippen LogP contribution in [-0.2, 0) is 12.8 Å². The van der Waals surface area contributed by atoms with Crippen molar-refractivity contribution in [2.24, 2.45) is 0 Å². The third kappa shape index (κ3) is 3.78. The standard InChI is InChI=1S/C26H30O/c1-7-20-11-10-18(4)22(15-20)23-16-21(8-2)24(14-19(23)5)25-13-17(3)9-12-26(25)27-6/h9-16H,7-8H2,1-6H3. The second-order valence-electron chi connectivity index (χ2n) is 7.38. The molecule has 1 heteroatoms. The van der Waals surface area contributed by atoms with Gasteiger partial charge in [0, 0.05) is 5.56 Å². The van der Waals surface area contributed by atoms with Gasteiger partial charge in [-0.15, -0.1) is 0 Å². The third-order valence-electron chi connectivity index (χ3n) is 5.48. The van der Waals surface area contributed by atoms with Gasteiger partial charge in [0.2, 0.25) is 0 Å². The zero-order chi connectivity index (χ0) is 19.6. The van der Waals surface area contributed by atoms with Crippen LogP contribution in [0.4, 0.5) is 0 Å². The second kappa shape index (κ2) is 8.00. The van der Waals surface area contributed by atoms with Gasteiger partial charge in [-0.1, -0.05) is 55.8 Å². The van der Waals surface area contributed by atoms with Gasteiger partial charge in [0.05, 0.1) is 7.11 Å². The lowest BCUT2D eigenvalue weighted by Gasteiger charge is -2.18. The molecule has 0 heterocycles. The van der Waals surface area contributed by atoms with Gasteiger partial charge in [-0.25, -0.2) is 0 Å². The molecule has 3 aromatic rings. The number of hydrogen-bond donors (Lipinski definition) is 0. The van der Waals surface area contributed by atoms with E-state index in [9.17, 15) is 0 Å². The molecule has 0 aliphatic carbocycles. The molecule has 0 saturated heterocycles. The second-order valence-corrected chi connectivity index (χ2v) is 7.38. The maximum absolute atomic E-state index is 5.66. The number of aryl methyl sites for hydroxylation is 5. The lowest BCUT2D eigenvalue weighted by atomic mass is 9.87. The van der Waals surface area contributed by atoms with Gasteiger partial charge in [-0.05, 0) is 84.7 Å². The van der Waals surface area contributed by atoms with Gasteiger partial charge in [-0.3, -0.25) is 0 Å². The molecule has 0 aliphatic rings. The van der Waals surface area contributed by atoms with Gasteiger partial charge in [0.1, 0.15) is 5.75 Å². The molecule has 0 aromatic heterocycles. The molecular formula is C26H30O. The van der Waals surface area contributed by atoms with Crippen molar-refractivity contribution in [1.29, 1.82) is 0 Å². The van der Waals surface area contributed by atoms with Crippen molar-refractivity contribution >= 4 is 0 Å². The highest BCUT2D eigenvalue weighted by molar-refractivity contribution is 5.80. The smallest absolute Gasteiger partial charge is 0.126 e. The highest BCUT2D eigenvalue weighted by atomic mass is 16.5. The normalized spacial score (nSPS) is 10.9. The Bertz CT molecular complexity index is 966. The summed E-state index contributed by atoms with van der Waals surface area (Å²) in [5, 5.41) is 0. The lowest BCUT2D eigenvalue weighted by molar-refractivity contribution is 0.416. The summed E-state index contributed by atoms with van der Waals surface area (Å²) >= 11 is 0. The lowest BCUT2D eigenvalue weighted by Crippen LogP contribution is -1.97. The molecule has 27 heavy (non-hydrogen) atoms. The Balaban J connectivity index is 2.22. The Morgan fingerprint density at radius 2 is 1.41 bits per heavy atom. The first kappa shape index (κ1) is 19.2. The van der Waals surface area contributed by atoms with Crippen LogP contribution in [0.25, 0.3) is 22.3 Å². The number of ether oxygens (including phenoxy) is 1. The number of rotatable bonds is 5. The molecular weight excluding hydrogens is 328 g/mol. The van der Waals surface area contributed by atoms with Crippen molar-refractivity contribution in [1.82, 2.24) is 0 Å². The molecule has 0 aliphatic heterocycles. The van der Waals surface area contributed by atoms with Crippen LogP contribution in [0.5, 0.6) is 5.75 Å². The third-order valence-corrected chi connectivity index (χ3v) is 5.48. The molecule has 140 valence electrons. The molecule has 3 aromatic carbocycles. The van der Waals surface area contributed by atoms with Crippen molar-refractivity contribution < 1.29 is 4.74 Å². The quantitative estimate of drug-likeness (QED) is 0.473. The molecule has 0 fully saturated rings. The van der Waals surface area contributed by atoms with Crippen LogP contribution in [0, 0.1) is 20.8 Å². The molecule has 0 saturated carbocycles.